The van der Waals surface area contributed by atoms with E-state index in [4.69, 9.17) is 10.8 Å². The second kappa shape index (κ2) is 6.19. The highest BCUT2D eigenvalue weighted by Crippen LogP contribution is 2.17. The van der Waals surface area contributed by atoms with E-state index in [2.05, 4.69) is 5.32 Å². The number of carboxylic acids is 1. The number of rotatable bonds is 5. The van der Waals surface area contributed by atoms with Gasteiger partial charge in [0.15, 0.2) is 17.5 Å². The van der Waals surface area contributed by atoms with Crippen molar-refractivity contribution in [1.29, 1.82) is 0 Å². The molecule has 0 saturated heterocycles. The van der Waals surface area contributed by atoms with Crippen LogP contribution >= 0.6 is 0 Å². The van der Waals surface area contributed by atoms with E-state index in [1.807, 2.05) is 0 Å². The monoisotopic (exact) mass is 276 g/mol. The average Bonchev–Trinajstić information content (AvgIpc) is 2.32. The first-order valence-corrected chi connectivity index (χ1v) is 5.24. The van der Waals surface area contributed by atoms with Crippen molar-refractivity contribution < 1.29 is 27.9 Å². The van der Waals surface area contributed by atoms with Gasteiger partial charge >= 0.3 is 5.97 Å². The molecule has 1 amide bonds. The Bertz CT molecular complexity index is 485. The molecule has 0 aliphatic carbocycles. The van der Waals surface area contributed by atoms with Crippen LogP contribution in [0.4, 0.5) is 18.9 Å². The second-order valence-corrected chi connectivity index (χ2v) is 3.78. The fourth-order valence-corrected chi connectivity index (χ4v) is 1.27. The lowest BCUT2D eigenvalue weighted by Crippen LogP contribution is -2.36. The number of carbonyl (C=O) groups excluding carboxylic acids is 1. The van der Waals surface area contributed by atoms with E-state index in [0.29, 0.717) is 12.1 Å². The van der Waals surface area contributed by atoms with E-state index in [0.717, 1.165) is 0 Å². The minimum absolute atomic E-state index is 0.132. The highest BCUT2D eigenvalue weighted by Gasteiger charge is 2.17. The van der Waals surface area contributed by atoms with Crippen LogP contribution in [0.2, 0.25) is 0 Å². The van der Waals surface area contributed by atoms with Crippen molar-refractivity contribution in [2.75, 3.05) is 5.32 Å². The molecule has 1 aromatic carbocycles. The molecule has 1 atom stereocenters. The van der Waals surface area contributed by atoms with Gasteiger partial charge in [-0.15, -0.1) is 0 Å². The number of anilines is 1. The number of carboxylic acid groups (broad SMARTS) is 1. The maximum Gasteiger partial charge on any atom is 0.303 e. The molecular weight excluding hydrogens is 265 g/mol. The summed E-state index contributed by atoms with van der Waals surface area (Å²) in [5, 5.41) is 10.5. The number of halogens is 3. The molecule has 1 aromatic rings. The smallest absolute Gasteiger partial charge is 0.303 e. The summed E-state index contributed by atoms with van der Waals surface area (Å²) in [6, 6.07) is 0.0489. The Morgan fingerprint density at radius 3 is 2.26 bits per heavy atom. The van der Waals surface area contributed by atoms with Gasteiger partial charge in [0.05, 0.1) is 6.04 Å². The summed E-state index contributed by atoms with van der Waals surface area (Å²) in [4.78, 5) is 21.7. The third-order valence-electron chi connectivity index (χ3n) is 2.26. The Balaban J connectivity index is 2.69. The van der Waals surface area contributed by atoms with E-state index in [1.165, 1.54) is 0 Å². The maximum absolute atomic E-state index is 12.9. The van der Waals surface area contributed by atoms with Crippen molar-refractivity contribution in [3.05, 3.63) is 29.6 Å². The van der Waals surface area contributed by atoms with Crippen molar-refractivity contribution in [1.82, 2.24) is 0 Å². The Kier molecular flexibility index (Phi) is 4.87. The molecule has 0 aromatic heterocycles. The fourth-order valence-electron chi connectivity index (χ4n) is 1.27. The predicted molar refractivity (Wildman–Crippen MR) is 59.8 cm³/mol. The van der Waals surface area contributed by atoms with Crippen molar-refractivity contribution >= 4 is 17.6 Å². The van der Waals surface area contributed by atoms with Crippen LogP contribution < -0.4 is 11.1 Å². The minimum Gasteiger partial charge on any atom is -0.481 e. The fraction of sp³-hybridized carbons (Fsp3) is 0.273. The Morgan fingerprint density at radius 2 is 1.79 bits per heavy atom. The lowest BCUT2D eigenvalue weighted by Gasteiger charge is -2.11. The number of carbonyl (C=O) groups is 2. The van der Waals surface area contributed by atoms with E-state index in [-0.39, 0.29) is 18.5 Å². The summed E-state index contributed by atoms with van der Waals surface area (Å²) in [5.74, 6) is -6.48. The van der Waals surface area contributed by atoms with Gasteiger partial charge in [-0.2, -0.15) is 0 Å². The molecule has 0 bridgehead atoms. The molecule has 104 valence electrons. The molecule has 0 saturated carbocycles. The van der Waals surface area contributed by atoms with Gasteiger partial charge in [-0.25, -0.2) is 13.2 Å². The summed E-state index contributed by atoms with van der Waals surface area (Å²) in [7, 11) is 0. The quantitative estimate of drug-likeness (QED) is 0.705. The van der Waals surface area contributed by atoms with Crippen LogP contribution in [0, 0.1) is 17.5 Å². The largest absolute Gasteiger partial charge is 0.481 e. The molecule has 0 aliphatic heterocycles. The van der Waals surface area contributed by atoms with Gasteiger partial charge in [-0.3, -0.25) is 9.59 Å². The molecule has 1 unspecified atom stereocenters. The molecule has 0 heterocycles. The second-order valence-electron chi connectivity index (χ2n) is 3.78. The highest BCUT2D eigenvalue weighted by atomic mass is 19.2. The highest BCUT2D eigenvalue weighted by molar-refractivity contribution is 5.94. The summed E-state index contributed by atoms with van der Waals surface area (Å²) in [6.07, 6.45) is -0.450. The van der Waals surface area contributed by atoms with Crippen LogP contribution in [0.25, 0.3) is 0 Å². The Hall–Kier alpha value is -2.09. The van der Waals surface area contributed by atoms with E-state index in [9.17, 15) is 22.8 Å². The van der Waals surface area contributed by atoms with Gasteiger partial charge in [-0.1, -0.05) is 0 Å². The predicted octanol–water partition coefficient (Wildman–Crippen LogP) is 1.23. The standard InChI is InChI=1S/C11H11F3N2O3/c12-6-3-5(4-7(13)10(6)14)16-11(19)8(15)1-2-9(17)18/h3-4,8H,1-2,15H2,(H,16,19)(H,17,18). The lowest BCUT2D eigenvalue weighted by atomic mass is 10.1. The van der Waals surface area contributed by atoms with Crippen LogP contribution in [0.15, 0.2) is 12.1 Å². The first-order chi connectivity index (χ1) is 8.81. The van der Waals surface area contributed by atoms with Gasteiger partial charge in [0.25, 0.3) is 0 Å². The molecular formula is C11H11F3N2O3. The zero-order valence-corrected chi connectivity index (χ0v) is 9.62. The molecule has 1 rings (SSSR count). The average molecular weight is 276 g/mol. The van der Waals surface area contributed by atoms with Crippen LogP contribution in [-0.4, -0.2) is 23.0 Å². The molecule has 0 radical (unpaired) electrons. The Labute approximate surface area is 106 Å². The molecule has 8 heteroatoms. The molecule has 0 aliphatic rings. The van der Waals surface area contributed by atoms with Gasteiger partial charge in [-0.05, 0) is 6.42 Å². The van der Waals surface area contributed by atoms with Crippen molar-refractivity contribution in [2.45, 2.75) is 18.9 Å². The summed E-state index contributed by atoms with van der Waals surface area (Å²) in [5.41, 5.74) is 5.08. The molecule has 0 spiro atoms. The Morgan fingerprint density at radius 1 is 1.26 bits per heavy atom. The number of nitrogens with two attached hydrogens (primary N) is 1. The number of hydrogen-bond acceptors (Lipinski definition) is 3. The summed E-state index contributed by atoms with van der Waals surface area (Å²) in [6.45, 7) is 0. The first-order valence-electron chi connectivity index (χ1n) is 5.24. The zero-order chi connectivity index (χ0) is 14.6. The number of nitrogens with one attached hydrogen (secondary N) is 1. The zero-order valence-electron chi connectivity index (χ0n) is 9.62. The van der Waals surface area contributed by atoms with Gasteiger partial charge in [0.1, 0.15) is 0 Å². The molecule has 5 nitrogen and oxygen atoms in total. The van der Waals surface area contributed by atoms with Crippen molar-refractivity contribution in [3.63, 3.8) is 0 Å². The topological polar surface area (TPSA) is 92.4 Å². The first kappa shape index (κ1) is 15.0. The van der Waals surface area contributed by atoms with Crippen molar-refractivity contribution in [2.24, 2.45) is 5.73 Å². The minimum atomic E-state index is -1.65. The van der Waals surface area contributed by atoms with E-state index < -0.39 is 35.4 Å². The van der Waals surface area contributed by atoms with Gasteiger partial charge in [0, 0.05) is 24.2 Å². The van der Waals surface area contributed by atoms with E-state index >= 15 is 0 Å². The number of hydrogen-bond donors (Lipinski definition) is 3. The van der Waals surface area contributed by atoms with Crippen LogP contribution in [0.5, 0.6) is 0 Å². The lowest BCUT2D eigenvalue weighted by molar-refractivity contribution is -0.137. The van der Waals surface area contributed by atoms with Gasteiger partial charge in [0.2, 0.25) is 5.91 Å². The molecule has 19 heavy (non-hydrogen) atoms. The number of aliphatic carboxylic acids is 1. The SMILES string of the molecule is NC(CCC(=O)O)C(=O)Nc1cc(F)c(F)c(F)c1. The van der Waals surface area contributed by atoms with Gasteiger partial charge < -0.3 is 16.2 Å². The summed E-state index contributed by atoms with van der Waals surface area (Å²) < 4.78 is 38.4. The third kappa shape index (κ3) is 4.25. The third-order valence-corrected chi connectivity index (χ3v) is 2.26. The van der Waals surface area contributed by atoms with E-state index in [1.54, 1.807) is 0 Å². The normalized spacial score (nSPS) is 12.0. The molecule has 0 fully saturated rings. The maximum atomic E-state index is 12.9. The molecule has 4 N–H and O–H groups in total. The number of benzene rings is 1. The number of amides is 1. The summed E-state index contributed by atoms with van der Waals surface area (Å²) >= 11 is 0. The van der Waals surface area contributed by atoms with Crippen molar-refractivity contribution in [3.8, 4) is 0 Å². The van der Waals surface area contributed by atoms with Crippen LogP contribution in [0.3, 0.4) is 0 Å². The van der Waals surface area contributed by atoms with Crippen LogP contribution in [0.1, 0.15) is 12.8 Å². The van der Waals surface area contributed by atoms with Crippen LogP contribution in [-0.2, 0) is 9.59 Å².